The van der Waals surface area contributed by atoms with E-state index in [4.69, 9.17) is 5.73 Å². The molecule has 0 aliphatic carbocycles. The van der Waals surface area contributed by atoms with Crippen LogP contribution in [0.2, 0.25) is 0 Å². The van der Waals surface area contributed by atoms with E-state index in [-0.39, 0.29) is 5.69 Å². The summed E-state index contributed by atoms with van der Waals surface area (Å²) in [5, 5.41) is 0. The first kappa shape index (κ1) is 10.4. The van der Waals surface area contributed by atoms with Gasteiger partial charge in [0, 0.05) is 18.1 Å². The minimum absolute atomic E-state index is 0.243. The highest BCUT2D eigenvalue weighted by Gasteiger charge is 1.99. The van der Waals surface area contributed by atoms with E-state index in [2.05, 4.69) is 4.98 Å². The average molecular weight is 215 g/mol. The second-order valence-electron chi connectivity index (χ2n) is 3.79. The molecule has 4 nitrogen and oxygen atoms in total. The number of rotatable bonds is 2. The first-order valence-electron chi connectivity index (χ1n) is 5.02. The molecule has 2 N–H and O–H groups in total. The lowest BCUT2D eigenvalue weighted by molar-refractivity contribution is 0.721. The standard InChI is InChI=1S/C12H13N3O/c1-9-6-14-12(16)15(7-9)8-10-3-2-4-11(13)5-10/h2-7H,8,13H2,1H3. The number of hydrogen-bond donors (Lipinski definition) is 1. The molecule has 2 aromatic rings. The van der Waals surface area contributed by atoms with Crippen LogP contribution in [-0.2, 0) is 6.54 Å². The predicted octanol–water partition coefficient (Wildman–Crippen LogP) is 1.18. The molecule has 4 heteroatoms. The summed E-state index contributed by atoms with van der Waals surface area (Å²) in [5.74, 6) is 0. The maximum Gasteiger partial charge on any atom is 0.347 e. The van der Waals surface area contributed by atoms with Gasteiger partial charge in [0.2, 0.25) is 0 Å². The van der Waals surface area contributed by atoms with Crippen LogP contribution < -0.4 is 11.4 Å². The predicted molar refractivity (Wildman–Crippen MR) is 63.2 cm³/mol. The van der Waals surface area contributed by atoms with Gasteiger partial charge in [0.25, 0.3) is 0 Å². The van der Waals surface area contributed by atoms with Crippen LogP contribution in [0, 0.1) is 6.92 Å². The zero-order chi connectivity index (χ0) is 11.5. The zero-order valence-electron chi connectivity index (χ0n) is 9.05. The van der Waals surface area contributed by atoms with Crippen molar-refractivity contribution in [2.75, 3.05) is 5.73 Å². The third kappa shape index (κ3) is 2.28. The van der Waals surface area contributed by atoms with Crippen molar-refractivity contribution in [2.24, 2.45) is 0 Å². The van der Waals surface area contributed by atoms with E-state index in [0.29, 0.717) is 12.2 Å². The summed E-state index contributed by atoms with van der Waals surface area (Å²) in [6.07, 6.45) is 3.36. The Kier molecular flexibility index (Phi) is 2.72. The molecule has 0 bridgehead atoms. The van der Waals surface area contributed by atoms with Gasteiger partial charge in [-0.2, -0.15) is 0 Å². The molecule has 1 heterocycles. The largest absolute Gasteiger partial charge is 0.399 e. The number of hydrogen-bond acceptors (Lipinski definition) is 3. The van der Waals surface area contributed by atoms with E-state index in [1.54, 1.807) is 17.0 Å². The molecular weight excluding hydrogens is 202 g/mol. The highest BCUT2D eigenvalue weighted by molar-refractivity contribution is 5.40. The first-order chi connectivity index (χ1) is 7.65. The molecule has 0 aliphatic heterocycles. The summed E-state index contributed by atoms with van der Waals surface area (Å²) < 4.78 is 1.57. The highest BCUT2D eigenvalue weighted by Crippen LogP contribution is 2.07. The number of aromatic nitrogens is 2. The van der Waals surface area contributed by atoms with Gasteiger partial charge in [0.15, 0.2) is 0 Å². The van der Waals surface area contributed by atoms with E-state index < -0.39 is 0 Å². The van der Waals surface area contributed by atoms with Crippen molar-refractivity contribution in [2.45, 2.75) is 13.5 Å². The Labute approximate surface area is 93.4 Å². The molecule has 0 aliphatic rings. The van der Waals surface area contributed by atoms with E-state index >= 15 is 0 Å². The van der Waals surface area contributed by atoms with Crippen molar-refractivity contribution in [1.82, 2.24) is 9.55 Å². The monoisotopic (exact) mass is 215 g/mol. The molecule has 0 unspecified atom stereocenters. The van der Waals surface area contributed by atoms with Crippen LogP contribution in [0.5, 0.6) is 0 Å². The highest BCUT2D eigenvalue weighted by atomic mass is 16.1. The van der Waals surface area contributed by atoms with Crippen LogP contribution in [0.1, 0.15) is 11.1 Å². The molecule has 0 atom stereocenters. The second kappa shape index (κ2) is 4.18. The van der Waals surface area contributed by atoms with E-state index in [0.717, 1.165) is 11.1 Å². The molecule has 0 amide bonds. The Hall–Kier alpha value is -2.10. The number of nitrogen functional groups attached to an aromatic ring is 1. The van der Waals surface area contributed by atoms with Gasteiger partial charge < -0.3 is 5.73 Å². The second-order valence-corrected chi connectivity index (χ2v) is 3.79. The normalized spacial score (nSPS) is 10.3. The molecule has 1 aromatic carbocycles. The van der Waals surface area contributed by atoms with Crippen LogP contribution >= 0.6 is 0 Å². The molecule has 0 spiro atoms. The Balaban J connectivity index is 2.34. The smallest absolute Gasteiger partial charge is 0.347 e. The van der Waals surface area contributed by atoms with Gasteiger partial charge in [0.05, 0.1) is 6.54 Å². The Bertz CT molecular complexity index is 560. The molecule has 0 saturated heterocycles. The average Bonchev–Trinajstić information content (AvgIpc) is 2.24. The van der Waals surface area contributed by atoms with Crippen LogP contribution in [0.3, 0.4) is 0 Å². The summed E-state index contributed by atoms with van der Waals surface area (Å²) in [4.78, 5) is 15.3. The number of nitrogens with two attached hydrogens (primary N) is 1. The van der Waals surface area contributed by atoms with Crippen molar-refractivity contribution in [1.29, 1.82) is 0 Å². The van der Waals surface area contributed by atoms with E-state index in [1.807, 2.05) is 31.2 Å². The van der Waals surface area contributed by atoms with Gasteiger partial charge in [-0.25, -0.2) is 9.78 Å². The van der Waals surface area contributed by atoms with Gasteiger partial charge in [0.1, 0.15) is 0 Å². The van der Waals surface area contributed by atoms with Crippen LogP contribution in [0.15, 0.2) is 41.5 Å². The molecule has 0 fully saturated rings. The van der Waals surface area contributed by atoms with E-state index in [1.165, 1.54) is 0 Å². The van der Waals surface area contributed by atoms with Crippen molar-refractivity contribution in [3.05, 3.63) is 58.3 Å². The van der Waals surface area contributed by atoms with E-state index in [9.17, 15) is 4.79 Å². The topological polar surface area (TPSA) is 60.9 Å². The van der Waals surface area contributed by atoms with Gasteiger partial charge in [-0.05, 0) is 30.2 Å². The van der Waals surface area contributed by atoms with Crippen LogP contribution in [-0.4, -0.2) is 9.55 Å². The molecular formula is C12H13N3O. The van der Waals surface area contributed by atoms with Crippen LogP contribution in [0.25, 0.3) is 0 Å². The van der Waals surface area contributed by atoms with Gasteiger partial charge in [-0.15, -0.1) is 0 Å². The first-order valence-corrected chi connectivity index (χ1v) is 5.02. The fraction of sp³-hybridized carbons (Fsp3) is 0.167. The van der Waals surface area contributed by atoms with Gasteiger partial charge in [-0.3, -0.25) is 4.57 Å². The summed E-state index contributed by atoms with van der Waals surface area (Å²) in [5.41, 5.74) is 8.09. The maximum atomic E-state index is 11.5. The summed E-state index contributed by atoms with van der Waals surface area (Å²) >= 11 is 0. The van der Waals surface area contributed by atoms with Crippen molar-refractivity contribution in [3.63, 3.8) is 0 Å². The van der Waals surface area contributed by atoms with Crippen molar-refractivity contribution >= 4 is 5.69 Å². The minimum Gasteiger partial charge on any atom is -0.399 e. The number of nitrogens with zero attached hydrogens (tertiary/aromatic N) is 2. The molecule has 0 saturated carbocycles. The summed E-state index contributed by atoms with van der Waals surface area (Å²) in [6.45, 7) is 2.40. The molecule has 2 rings (SSSR count). The Morgan fingerprint density at radius 3 is 3.00 bits per heavy atom. The van der Waals surface area contributed by atoms with Crippen molar-refractivity contribution in [3.8, 4) is 0 Å². The third-order valence-electron chi connectivity index (χ3n) is 2.29. The SMILES string of the molecule is Cc1cnc(=O)n(Cc2cccc(N)c2)c1. The third-order valence-corrected chi connectivity index (χ3v) is 2.29. The van der Waals surface area contributed by atoms with Crippen LogP contribution in [0.4, 0.5) is 5.69 Å². The fourth-order valence-electron chi connectivity index (χ4n) is 1.57. The Morgan fingerprint density at radius 2 is 2.25 bits per heavy atom. The summed E-state index contributed by atoms with van der Waals surface area (Å²) in [6, 6.07) is 7.49. The molecule has 16 heavy (non-hydrogen) atoms. The lowest BCUT2D eigenvalue weighted by Gasteiger charge is -2.06. The summed E-state index contributed by atoms with van der Waals surface area (Å²) in [7, 11) is 0. The maximum absolute atomic E-state index is 11.5. The molecule has 1 aromatic heterocycles. The lowest BCUT2D eigenvalue weighted by Crippen LogP contribution is -2.22. The minimum atomic E-state index is -0.243. The van der Waals surface area contributed by atoms with Gasteiger partial charge in [-0.1, -0.05) is 12.1 Å². The van der Waals surface area contributed by atoms with Crippen molar-refractivity contribution < 1.29 is 0 Å². The number of anilines is 1. The fourth-order valence-corrected chi connectivity index (χ4v) is 1.57. The lowest BCUT2D eigenvalue weighted by atomic mass is 10.2. The number of benzene rings is 1. The zero-order valence-corrected chi connectivity index (χ0v) is 9.05. The molecule has 82 valence electrons. The number of aryl methyl sites for hydroxylation is 1. The Morgan fingerprint density at radius 1 is 1.44 bits per heavy atom. The van der Waals surface area contributed by atoms with Gasteiger partial charge >= 0.3 is 5.69 Å². The molecule has 0 radical (unpaired) electrons. The quantitative estimate of drug-likeness (QED) is 0.765.